The molecular formula is C22H14S4. The zero-order chi connectivity index (χ0) is 17.3. The standard InChI is InChI=1S/C22H14S4/c1-3-19(23-13-1)21-11-9-17(25-21)15-5-7-16(8-6-15)18-10-12-22(26-18)20-4-2-14-24-20/h1-14H. The number of hydrogen-bond donors (Lipinski definition) is 0. The van der Waals surface area contributed by atoms with Gasteiger partial charge in [0.25, 0.3) is 0 Å². The monoisotopic (exact) mass is 406 g/mol. The van der Waals surface area contributed by atoms with Gasteiger partial charge in [0.15, 0.2) is 0 Å². The van der Waals surface area contributed by atoms with Crippen LogP contribution >= 0.6 is 45.3 Å². The maximum atomic E-state index is 2.24. The van der Waals surface area contributed by atoms with Gasteiger partial charge in [0.2, 0.25) is 0 Å². The summed E-state index contributed by atoms with van der Waals surface area (Å²) >= 11 is 7.32. The van der Waals surface area contributed by atoms with Crippen LogP contribution in [0.25, 0.3) is 40.4 Å². The summed E-state index contributed by atoms with van der Waals surface area (Å²) in [5, 5.41) is 4.27. The third-order valence-corrected chi connectivity index (χ3v) is 8.59. The minimum absolute atomic E-state index is 1.29. The molecule has 0 aliphatic heterocycles. The quantitative estimate of drug-likeness (QED) is 0.280. The Morgan fingerprint density at radius 1 is 0.385 bits per heavy atom. The Hall–Kier alpha value is -1.98. The molecule has 4 aromatic heterocycles. The molecule has 5 aromatic rings. The topological polar surface area (TPSA) is 0 Å². The molecule has 0 bridgehead atoms. The molecule has 0 aliphatic rings. The lowest BCUT2D eigenvalue weighted by Crippen LogP contribution is -1.74. The van der Waals surface area contributed by atoms with Crippen LogP contribution in [0, 0.1) is 0 Å². The maximum Gasteiger partial charge on any atom is 0.0449 e. The van der Waals surface area contributed by atoms with Crippen LogP contribution in [-0.2, 0) is 0 Å². The Morgan fingerprint density at radius 2 is 0.808 bits per heavy atom. The zero-order valence-corrected chi connectivity index (χ0v) is 17.0. The second-order valence-corrected chi connectivity index (χ2v) is 9.92. The minimum Gasteiger partial charge on any atom is -0.143 e. The van der Waals surface area contributed by atoms with Crippen molar-refractivity contribution in [1.82, 2.24) is 0 Å². The minimum atomic E-state index is 1.29. The van der Waals surface area contributed by atoms with Crippen LogP contribution in [0.1, 0.15) is 0 Å². The molecule has 5 rings (SSSR count). The summed E-state index contributed by atoms with van der Waals surface area (Å²) in [5.41, 5.74) is 2.58. The largest absolute Gasteiger partial charge is 0.143 e. The molecule has 0 saturated carbocycles. The van der Waals surface area contributed by atoms with Crippen LogP contribution in [0.4, 0.5) is 0 Å². The van der Waals surface area contributed by atoms with E-state index in [-0.39, 0.29) is 0 Å². The van der Waals surface area contributed by atoms with E-state index in [1.807, 2.05) is 22.7 Å². The summed E-state index contributed by atoms with van der Waals surface area (Å²) in [6.07, 6.45) is 0. The van der Waals surface area contributed by atoms with Crippen molar-refractivity contribution in [3.8, 4) is 40.4 Å². The molecule has 26 heavy (non-hydrogen) atoms. The van der Waals surface area contributed by atoms with Crippen molar-refractivity contribution < 1.29 is 0 Å². The first-order valence-corrected chi connectivity index (χ1v) is 11.6. The van der Waals surface area contributed by atoms with E-state index in [9.17, 15) is 0 Å². The van der Waals surface area contributed by atoms with Gasteiger partial charge >= 0.3 is 0 Å². The van der Waals surface area contributed by atoms with Crippen molar-refractivity contribution in [3.05, 3.63) is 83.6 Å². The molecule has 0 spiro atoms. The first kappa shape index (κ1) is 16.2. The van der Waals surface area contributed by atoms with Crippen molar-refractivity contribution in [3.63, 3.8) is 0 Å². The predicted molar refractivity (Wildman–Crippen MR) is 120 cm³/mol. The molecule has 0 N–H and O–H groups in total. The molecule has 4 heterocycles. The van der Waals surface area contributed by atoms with Gasteiger partial charge in [-0.25, -0.2) is 0 Å². The van der Waals surface area contributed by atoms with E-state index in [0.29, 0.717) is 0 Å². The highest BCUT2D eigenvalue weighted by molar-refractivity contribution is 7.23. The summed E-state index contributed by atoms with van der Waals surface area (Å²) in [7, 11) is 0. The van der Waals surface area contributed by atoms with Crippen molar-refractivity contribution in [1.29, 1.82) is 0 Å². The Balaban J connectivity index is 1.41. The van der Waals surface area contributed by atoms with E-state index in [2.05, 4.69) is 83.6 Å². The highest BCUT2D eigenvalue weighted by atomic mass is 32.1. The summed E-state index contributed by atoms with van der Waals surface area (Å²) in [4.78, 5) is 8.03. The summed E-state index contributed by atoms with van der Waals surface area (Å²) < 4.78 is 0. The molecule has 0 amide bonds. The molecule has 0 fully saturated rings. The van der Waals surface area contributed by atoms with Crippen molar-refractivity contribution >= 4 is 45.3 Å². The highest BCUT2D eigenvalue weighted by Crippen LogP contribution is 2.39. The average molecular weight is 407 g/mol. The van der Waals surface area contributed by atoms with E-state index in [1.54, 1.807) is 22.7 Å². The van der Waals surface area contributed by atoms with Crippen LogP contribution in [0.2, 0.25) is 0 Å². The first-order valence-electron chi connectivity index (χ1n) is 8.25. The predicted octanol–water partition coefficient (Wildman–Crippen LogP) is 8.60. The fourth-order valence-electron chi connectivity index (χ4n) is 2.89. The van der Waals surface area contributed by atoms with Gasteiger partial charge in [0.05, 0.1) is 0 Å². The van der Waals surface area contributed by atoms with Crippen LogP contribution in [0.5, 0.6) is 0 Å². The lowest BCUT2D eigenvalue weighted by atomic mass is 10.1. The van der Waals surface area contributed by atoms with E-state index in [4.69, 9.17) is 0 Å². The van der Waals surface area contributed by atoms with Crippen LogP contribution in [0.3, 0.4) is 0 Å². The van der Waals surface area contributed by atoms with Crippen LogP contribution in [0.15, 0.2) is 83.6 Å². The molecule has 4 heteroatoms. The molecule has 0 saturated heterocycles. The second kappa shape index (κ2) is 6.97. The van der Waals surface area contributed by atoms with E-state index >= 15 is 0 Å². The highest BCUT2D eigenvalue weighted by Gasteiger charge is 2.08. The van der Waals surface area contributed by atoms with Gasteiger partial charge in [0, 0.05) is 29.3 Å². The number of rotatable bonds is 4. The average Bonchev–Trinajstić information content (AvgIpc) is 3.49. The summed E-state index contributed by atoms with van der Waals surface area (Å²) in [6, 6.07) is 26.5. The lowest BCUT2D eigenvalue weighted by Gasteiger charge is -2.01. The maximum absolute atomic E-state index is 2.24. The molecule has 0 nitrogen and oxygen atoms in total. The van der Waals surface area contributed by atoms with Crippen molar-refractivity contribution in [2.24, 2.45) is 0 Å². The fourth-order valence-corrected chi connectivity index (χ4v) is 6.58. The van der Waals surface area contributed by atoms with E-state index < -0.39 is 0 Å². The first-order chi connectivity index (χ1) is 12.9. The lowest BCUT2D eigenvalue weighted by molar-refractivity contribution is 1.69. The van der Waals surface area contributed by atoms with Gasteiger partial charge < -0.3 is 0 Å². The summed E-state index contributed by atoms with van der Waals surface area (Å²) in [5.74, 6) is 0. The van der Waals surface area contributed by atoms with Gasteiger partial charge in [-0.05, 0) is 58.3 Å². The van der Waals surface area contributed by atoms with Crippen molar-refractivity contribution in [2.45, 2.75) is 0 Å². The Bertz CT molecular complexity index is 1020. The molecule has 126 valence electrons. The third kappa shape index (κ3) is 3.10. The van der Waals surface area contributed by atoms with Crippen LogP contribution < -0.4 is 0 Å². The Labute approximate surface area is 168 Å². The Kier molecular flexibility index (Phi) is 4.35. The van der Waals surface area contributed by atoms with Gasteiger partial charge in [-0.15, -0.1) is 45.3 Å². The van der Waals surface area contributed by atoms with E-state index in [0.717, 1.165) is 0 Å². The summed E-state index contributed by atoms with van der Waals surface area (Å²) in [6.45, 7) is 0. The smallest absolute Gasteiger partial charge is 0.0449 e. The SMILES string of the molecule is c1csc(-c2ccc(-c3ccc(-c4ccc(-c5cccs5)s4)cc3)s2)c1. The second-order valence-electron chi connectivity index (χ2n) is 5.86. The molecular weight excluding hydrogens is 393 g/mol. The molecule has 0 atom stereocenters. The molecule has 0 unspecified atom stereocenters. The number of benzene rings is 1. The normalized spacial score (nSPS) is 11.1. The number of thiophene rings is 4. The Morgan fingerprint density at radius 3 is 1.19 bits per heavy atom. The van der Waals surface area contributed by atoms with Crippen LogP contribution in [-0.4, -0.2) is 0 Å². The van der Waals surface area contributed by atoms with Gasteiger partial charge in [-0.1, -0.05) is 36.4 Å². The van der Waals surface area contributed by atoms with E-state index in [1.165, 1.54) is 40.4 Å². The molecule has 1 aromatic carbocycles. The van der Waals surface area contributed by atoms with Gasteiger partial charge in [-0.3, -0.25) is 0 Å². The van der Waals surface area contributed by atoms with Gasteiger partial charge in [-0.2, -0.15) is 0 Å². The number of hydrogen-bond acceptors (Lipinski definition) is 4. The molecule has 0 radical (unpaired) electrons. The van der Waals surface area contributed by atoms with Crippen molar-refractivity contribution in [2.75, 3.05) is 0 Å². The molecule has 0 aliphatic carbocycles. The third-order valence-electron chi connectivity index (χ3n) is 4.19. The fraction of sp³-hybridized carbons (Fsp3) is 0. The zero-order valence-electron chi connectivity index (χ0n) is 13.7. The van der Waals surface area contributed by atoms with Gasteiger partial charge in [0.1, 0.15) is 0 Å².